The van der Waals surface area contributed by atoms with Gasteiger partial charge in [0.15, 0.2) is 0 Å². The second-order valence-corrected chi connectivity index (χ2v) is 5.02. The van der Waals surface area contributed by atoms with Crippen LogP contribution in [-0.2, 0) is 0 Å². The molecule has 0 aromatic heterocycles. The first-order valence-corrected chi connectivity index (χ1v) is 5.76. The van der Waals surface area contributed by atoms with Crippen LogP contribution in [0.2, 0.25) is 0 Å². The third-order valence-corrected chi connectivity index (χ3v) is 2.79. The van der Waals surface area contributed by atoms with E-state index in [0.717, 1.165) is 19.3 Å². The van der Waals surface area contributed by atoms with Gasteiger partial charge < -0.3 is 5.11 Å². The highest BCUT2D eigenvalue weighted by Gasteiger charge is 2.13. The SMILES string of the molecule is C[C@H](CCCC(C)(C)O)c1ccccc1. The zero-order chi connectivity index (χ0) is 11.3. The Morgan fingerprint density at radius 1 is 1.20 bits per heavy atom. The third kappa shape index (κ3) is 4.98. The van der Waals surface area contributed by atoms with Crippen molar-refractivity contribution in [2.75, 3.05) is 0 Å². The minimum Gasteiger partial charge on any atom is -0.390 e. The van der Waals surface area contributed by atoms with Crippen LogP contribution < -0.4 is 0 Å². The van der Waals surface area contributed by atoms with Gasteiger partial charge in [-0.1, -0.05) is 43.7 Å². The van der Waals surface area contributed by atoms with Crippen LogP contribution in [0.4, 0.5) is 0 Å². The molecule has 1 aromatic rings. The summed E-state index contributed by atoms with van der Waals surface area (Å²) < 4.78 is 0. The Balaban J connectivity index is 2.34. The maximum Gasteiger partial charge on any atom is 0.0591 e. The molecule has 84 valence electrons. The van der Waals surface area contributed by atoms with Crippen molar-refractivity contribution in [2.45, 2.75) is 51.6 Å². The van der Waals surface area contributed by atoms with Crippen LogP contribution in [0, 0.1) is 0 Å². The molecule has 1 rings (SSSR count). The molecule has 1 nitrogen and oxygen atoms in total. The first-order valence-electron chi connectivity index (χ1n) is 5.76. The summed E-state index contributed by atoms with van der Waals surface area (Å²) in [4.78, 5) is 0. The molecular formula is C14H22O. The van der Waals surface area contributed by atoms with Gasteiger partial charge in [0.05, 0.1) is 5.60 Å². The highest BCUT2D eigenvalue weighted by molar-refractivity contribution is 5.18. The average molecular weight is 206 g/mol. The van der Waals surface area contributed by atoms with Crippen molar-refractivity contribution < 1.29 is 5.11 Å². The predicted octanol–water partition coefficient (Wildman–Crippen LogP) is 3.73. The van der Waals surface area contributed by atoms with E-state index in [0.29, 0.717) is 5.92 Å². The molecule has 0 radical (unpaired) electrons. The van der Waals surface area contributed by atoms with Gasteiger partial charge in [0.2, 0.25) is 0 Å². The van der Waals surface area contributed by atoms with Crippen LogP contribution in [0.15, 0.2) is 30.3 Å². The van der Waals surface area contributed by atoms with E-state index in [-0.39, 0.29) is 0 Å². The first kappa shape index (κ1) is 12.3. The fourth-order valence-corrected chi connectivity index (χ4v) is 1.79. The molecule has 15 heavy (non-hydrogen) atoms. The molecular weight excluding hydrogens is 184 g/mol. The molecule has 0 aliphatic rings. The Morgan fingerprint density at radius 2 is 1.80 bits per heavy atom. The van der Waals surface area contributed by atoms with Crippen molar-refractivity contribution in [1.82, 2.24) is 0 Å². The summed E-state index contributed by atoms with van der Waals surface area (Å²) >= 11 is 0. The standard InChI is InChI=1S/C14H22O/c1-12(8-7-11-14(2,3)15)13-9-5-4-6-10-13/h4-6,9-10,12,15H,7-8,11H2,1-3H3/t12-/m1/s1. The number of hydrogen-bond acceptors (Lipinski definition) is 1. The predicted molar refractivity (Wildman–Crippen MR) is 65.0 cm³/mol. The van der Waals surface area contributed by atoms with Crippen LogP contribution in [-0.4, -0.2) is 10.7 Å². The second-order valence-electron chi connectivity index (χ2n) is 5.02. The summed E-state index contributed by atoms with van der Waals surface area (Å²) in [6.07, 6.45) is 3.11. The van der Waals surface area contributed by atoms with Crippen LogP contribution in [0.3, 0.4) is 0 Å². The van der Waals surface area contributed by atoms with Gasteiger partial charge in [-0.25, -0.2) is 0 Å². The molecule has 1 aromatic carbocycles. The van der Waals surface area contributed by atoms with Crippen molar-refractivity contribution >= 4 is 0 Å². The lowest BCUT2D eigenvalue weighted by Crippen LogP contribution is -2.18. The van der Waals surface area contributed by atoms with Crippen molar-refractivity contribution in [2.24, 2.45) is 0 Å². The summed E-state index contributed by atoms with van der Waals surface area (Å²) in [7, 11) is 0. The van der Waals surface area contributed by atoms with Crippen LogP contribution in [0.1, 0.15) is 51.5 Å². The largest absolute Gasteiger partial charge is 0.390 e. The summed E-state index contributed by atoms with van der Waals surface area (Å²) in [6, 6.07) is 10.6. The highest BCUT2D eigenvalue weighted by atomic mass is 16.3. The van der Waals surface area contributed by atoms with Gasteiger partial charge in [0.25, 0.3) is 0 Å². The molecule has 0 fully saturated rings. The fraction of sp³-hybridized carbons (Fsp3) is 0.571. The molecule has 0 aliphatic heterocycles. The zero-order valence-corrected chi connectivity index (χ0v) is 10.0. The van der Waals surface area contributed by atoms with E-state index in [1.165, 1.54) is 5.56 Å². The number of benzene rings is 1. The molecule has 0 aliphatic carbocycles. The zero-order valence-electron chi connectivity index (χ0n) is 10.0. The Labute approximate surface area is 93.1 Å². The minimum atomic E-state index is -0.517. The topological polar surface area (TPSA) is 20.2 Å². The van der Waals surface area contributed by atoms with E-state index in [9.17, 15) is 5.11 Å². The summed E-state index contributed by atoms with van der Waals surface area (Å²) in [5.41, 5.74) is 0.879. The van der Waals surface area contributed by atoms with Gasteiger partial charge >= 0.3 is 0 Å². The number of rotatable bonds is 5. The smallest absolute Gasteiger partial charge is 0.0591 e. The van der Waals surface area contributed by atoms with Crippen molar-refractivity contribution in [3.8, 4) is 0 Å². The van der Waals surface area contributed by atoms with E-state index in [1.807, 2.05) is 19.9 Å². The fourth-order valence-electron chi connectivity index (χ4n) is 1.79. The lowest BCUT2D eigenvalue weighted by molar-refractivity contribution is 0.0678. The molecule has 1 heteroatoms. The molecule has 0 saturated heterocycles. The van der Waals surface area contributed by atoms with Gasteiger partial charge in [-0.3, -0.25) is 0 Å². The normalized spacial score (nSPS) is 13.9. The van der Waals surface area contributed by atoms with Crippen molar-refractivity contribution in [1.29, 1.82) is 0 Å². The Hall–Kier alpha value is -0.820. The molecule has 1 N–H and O–H groups in total. The number of hydrogen-bond donors (Lipinski definition) is 1. The monoisotopic (exact) mass is 206 g/mol. The van der Waals surface area contributed by atoms with E-state index in [1.54, 1.807) is 0 Å². The van der Waals surface area contributed by atoms with Gasteiger partial charge in [-0.05, 0) is 38.2 Å². The Morgan fingerprint density at radius 3 is 2.33 bits per heavy atom. The molecule has 1 atom stereocenters. The molecule has 0 spiro atoms. The molecule has 0 saturated carbocycles. The maximum atomic E-state index is 9.60. The molecule has 0 amide bonds. The van der Waals surface area contributed by atoms with Crippen LogP contribution in [0.25, 0.3) is 0 Å². The summed E-state index contributed by atoms with van der Waals surface area (Å²) in [5.74, 6) is 0.591. The second kappa shape index (κ2) is 5.32. The van der Waals surface area contributed by atoms with E-state index >= 15 is 0 Å². The molecule has 0 unspecified atom stereocenters. The Bertz CT molecular complexity index is 271. The summed E-state index contributed by atoms with van der Waals surface area (Å²) in [5, 5.41) is 9.60. The van der Waals surface area contributed by atoms with Gasteiger partial charge in [-0.15, -0.1) is 0 Å². The van der Waals surface area contributed by atoms with Gasteiger partial charge in [0.1, 0.15) is 0 Å². The summed E-state index contributed by atoms with van der Waals surface area (Å²) in [6.45, 7) is 6.00. The van der Waals surface area contributed by atoms with E-state index in [2.05, 4.69) is 31.2 Å². The van der Waals surface area contributed by atoms with Crippen LogP contribution >= 0.6 is 0 Å². The van der Waals surface area contributed by atoms with Crippen LogP contribution in [0.5, 0.6) is 0 Å². The first-order chi connectivity index (χ1) is 6.99. The van der Waals surface area contributed by atoms with E-state index < -0.39 is 5.60 Å². The lowest BCUT2D eigenvalue weighted by Gasteiger charge is -2.18. The van der Waals surface area contributed by atoms with Gasteiger partial charge in [0, 0.05) is 0 Å². The van der Waals surface area contributed by atoms with Crippen molar-refractivity contribution in [3.63, 3.8) is 0 Å². The molecule has 0 heterocycles. The van der Waals surface area contributed by atoms with Crippen molar-refractivity contribution in [3.05, 3.63) is 35.9 Å². The minimum absolute atomic E-state index is 0.517. The van der Waals surface area contributed by atoms with Gasteiger partial charge in [-0.2, -0.15) is 0 Å². The lowest BCUT2D eigenvalue weighted by atomic mass is 9.92. The van der Waals surface area contributed by atoms with E-state index in [4.69, 9.17) is 0 Å². The maximum absolute atomic E-state index is 9.60. The Kier molecular flexibility index (Phi) is 4.34. The highest BCUT2D eigenvalue weighted by Crippen LogP contribution is 2.23. The quantitative estimate of drug-likeness (QED) is 0.778. The number of aliphatic hydroxyl groups is 1. The third-order valence-electron chi connectivity index (χ3n) is 2.79. The molecule has 0 bridgehead atoms. The average Bonchev–Trinajstić information content (AvgIpc) is 2.17.